The first-order valence-electron chi connectivity index (χ1n) is 3.54. The molecule has 0 spiro atoms. The quantitative estimate of drug-likeness (QED) is 0.613. The van der Waals surface area contributed by atoms with Crippen molar-refractivity contribution in [3.05, 3.63) is 18.5 Å². The molecule has 1 rings (SSSR count). The Morgan fingerprint density at radius 2 is 2.00 bits per heavy atom. The van der Waals surface area contributed by atoms with Gasteiger partial charge in [0.05, 0.1) is 12.4 Å². The van der Waals surface area contributed by atoms with Gasteiger partial charge in [0, 0.05) is 6.07 Å². The third kappa shape index (κ3) is 2.98. The second-order valence-corrected chi connectivity index (χ2v) is 3.29. The average molecular weight is 152 g/mol. The van der Waals surface area contributed by atoms with Gasteiger partial charge in [0.15, 0.2) is 0 Å². The Bertz CT molecular complexity index is 215. The summed E-state index contributed by atoms with van der Waals surface area (Å²) in [6.45, 7) is 5.98. The van der Waals surface area contributed by atoms with E-state index < -0.39 is 0 Å². The zero-order chi connectivity index (χ0) is 8.32. The summed E-state index contributed by atoms with van der Waals surface area (Å²) >= 11 is 0. The lowest BCUT2D eigenvalue weighted by Gasteiger charge is -2.20. The summed E-state index contributed by atoms with van der Waals surface area (Å²) in [5.74, 6) is 0.757. The molecule has 1 aromatic heterocycles. The molecule has 3 nitrogen and oxygen atoms in total. The van der Waals surface area contributed by atoms with E-state index >= 15 is 0 Å². The fraction of sp³-hybridized carbons (Fsp3) is 0.500. The van der Waals surface area contributed by atoms with Gasteiger partial charge in [0.1, 0.15) is 11.4 Å². The fourth-order valence-corrected chi connectivity index (χ4v) is 0.692. The maximum absolute atomic E-state index is 5.50. The number of nitrogens with zero attached hydrogens (tertiary/aromatic N) is 2. The van der Waals surface area contributed by atoms with E-state index in [-0.39, 0.29) is 5.60 Å². The van der Waals surface area contributed by atoms with E-state index in [9.17, 15) is 0 Å². The molecule has 0 unspecified atom stereocenters. The van der Waals surface area contributed by atoms with Crippen molar-refractivity contribution in [3.8, 4) is 5.75 Å². The lowest BCUT2D eigenvalue weighted by atomic mass is 10.2. The lowest BCUT2D eigenvalue weighted by molar-refractivity contribution is 0.130. The van der Waals surface area contributed by atoms with Crippen LogP contribution < -0.4 is 4.74 Å². The van der Waals surface area contributed by atoms with Crippen LogP contribution in [0.3, 0.4) is 0 Å². The third-order valence-electron chi connectivity index (χ3n) is 0.981. The minimum atomic E-state index is -0.164. The van der Waals surface area contributed by atoms with Crippen LogP contribution in [0, 0.1) is 0 Å². The number of hydrogen-bond acceptors (Lipinski definition) is 3. The van der Waals surface area contributed by atoms with Crippen LogP contribution in [0.4, 0.5) is 0 Å². The Balaban J connectivity index is 2.66. The van der Waals surface area contributed by atoms with Crippen LogP contribution in [0.5, 0.6) is 5.75 Å². The summed E-state index contributed by atoms with van der Waals surface area (Å²) < 4.78 is 5.50. The van der Waals surface area contributed by atoms with E-state index in [0.717, 1.165) is 5.75 Å². The molecule has 0 aromatic carbocycles. The highest BCUT2D eigenvalue weighted by Gasteiger charge is 2.10. The summed E-state index contributed by atoms with van der Waals surface area (Å²) in [6, 6.07) is 1.79. The molecule has 0 aliphatic heterocycles. The first-order chi connectivity index (χ1) is 5.08. The average Bonchev–Trinajstić information content (AvgIpc) is 1.85. The van der Waals surface area contributed by atoms with Crippen molar-refractivity contribution < 1.29 is 4.74 Å². The standard InChI is InChI=1S/C8H12N2O/c1-8(2,3)11-7-4-5-9-10-6-7/h4-6H,1-3H3. The second kappa shape index (κ2) is 2.86. The normalized spacial score (nSPS) is 11.2. The molecular weight excluding hydrogens is 140 g/mol. The largest absolute Gasteiger partial charge is 0.486 e. The summed E-state index contributed by atoms with van der Waals surface area (Å²) in [7, 11) is 0. The highest BCUT2D eigenvalue weighted by molar-refractivity contribution is 5.13. The zero-order valence-electron chi connectivity index (χ0n) is 7.03. The number of ether oxygens (including phenoxy) is 1. The molecule has 3 heteroatoms. The molecule has 0 saturated carbocycles. The van der Waals surface area contributed by atoms with E-state index in [1.54, 1.807) is 18.5 Å². The summed E-state index contributed by atoms with van der Waals surface area (Å²) in [5.41, 5.74) is -0.164. The fourth-order valence-electron chi connectivity index (χ4n) is 0.692. The van der Waals surface area contributed by atoms with E-state index in [0.29, 0.717) is 0 Å². The van der Waals surface area contributed by atoms with Gasteiger partial charge in [-0.15, -0.1) is 0 Å². The van der Waals surface area contributed by atoms with Crippen molar-refractivity contribution in [1.82, 2.24) is 10.2 Å². The Labute approximate surface area is 66.4 Å². The van der Waals surface area contributed by atoms with Gasteiger partial charge in [-0.1, -0.05) is 0 Å². The van der Waals surface area contributed by atoms with Gasteiger partial charge in [-0.3, -0.25) is 0 Å². The van der Waals surface area contributed by atoms with Crippen molar-refractivity contribution in [1.29, 1.82) is 0 Å². The number of aromatic nitrogens is 2. The maximum atomic E-state index is 5.50. The van der Waals surface area contributed by atoms with Gasteiger partial charge >= 0.3 is 0 Å². The zero-order valence-corrected chi connectivity index (χ0v) is 7.03. The summed E-state index contributed by atoms with van der Waals surface area (Å²) in [6.07, 6.45) is 3.21. The molecule has 11 heavy (non-hydrogen) atoms. The second-order valence-electron chi connectivity index (χ2n) is 3.29. The Kier molecular flexibility index (Phi) is 2.08. The van der Waals surface area contributed by atoms with Crippen LogP contribution in [0.2, 0.25) is 0 Å². The maximum Gasteiger partial charge on any atom is 0.141 e. The Morgan fingerprint density at radius 3 is 2.45 bits per heavy atom. The molecule has 0 saturated heterocycles. The van der Waals surface area contributed by atoms with Gasteiger partial charge in [-0.2, -0.15) is 10.2 Å². The molecule has 1 aromatic rings. The third-order valence-corrected chi connectivity index (χ3v) is 0.981. The highest BCUT2D eigenvalue weighted by Crippen LogP contribution is 2.14. The van der Waals surface area contributed by atoms with Crippen LogP contribution in [-0.2, 0) is 0 Å². The molecule has 0 radical (unpaired) electrons. The molecule has 1 heterocycles. The van der Waals surface area contributed by atoms with Crippen molar-refractivity contribution in [2.75, 3.05) is 0 Å². The Morgan fingerprint density at radius 1 is 1.27 bits per heavy atom. The highest BCUT2D eigenvalue weighted by atomic mass is 16.5. The van der Waals surface area contributed by atoms with Crippen LogP contribution in [0.1, 0.15) is 20.8 Å². The minimum Gasteiger partial charge on any atom is -0.486 e. The van der Waals surface area contributed by atoms with Crippen LogP contribution in [0.15, 0.2) is 18.5 Å². The van der Waals surface area contributed by atoms with Crippen LogP contribution >= 0.6 is 0 Å². The van der Waals surface area contributed by atoms with Crippen molar-refractivity contribution in [2.45, 2.75) is 26.4 Å². The van der Waals surface area contributed by atoms with Crippen molar-refractivity contribution in [2.24, 2.45) is 0 Å². The SMILES string of the molecule is CC(C)(C)Oc1ccnnc1. The molecule has 0 aliphatic rings. The monoisotopic (exact) mass is 152 g/mol. The van der Waals surface area contributed by atoms with Crippen molar-refractivity contribution >= 4 is 0 Å². The van der Waals surface area contributed by atoms with E-state index in [1.807, 2.05) is 20.8 Å². The topological polar surface area (TPSA) is 35.0 Å². The number of hydrogen-bond donors (Lipinski definition) is 0. The van der Waals surface area contributed by atoms with Gasteiger partial charge in [-0.05, 0) is 20.8 Å². The minimum absolute atomic E-state index is 0.164. The molecule has 0 bridgehead atoms. The molecule has 0 fully saturated rings. The predicted molar refractivity (Wildman–Crippen MR) is 42.4 cm³/mol. The molecule has 0 atom stereocenters. The summed E-state index contributed by atoms with van der Waals surface area (Å²) in [4.78, 5) is 0. The van der Waals surface area contributed by atoms with Crippen molar-refractivity contribution in [3.63, 3.8) is 0 Å². The van der Waals surface area contributed by atoms with Gasteiger partial charge in [-0.25, -0.2) is 0 Å². The smallest absolute Gasteiger partial charge is 0.141 e. The van der Waals surface area contributed by atoms with Gasteiger partial charge < -0.3 is 4.74 Å². The number of rotatable bonds is 1. The van der Waals surface area contributed by atoms with E-state index in [4.69, 9.17) is 4.74 Å². The first kappa shape index (κ1) is 7.98. The predicted octanol–water partition coefficient (Wildman–Crippen LogP) is 1.65. The van der Waals surface area contributed by atoms with Crippen LogP contribution in [-0.4, -0.2) is 15.8 Å². The first-order valence-corrected chi connectivity index (χ1v) is 3.54. The van der Waals surface area contributed by atoms with Gasteiger partial charge in [0.2, 0.25) is 0 Å². The molecule has 60 valence electrons. The summed E-state index contributed by atoms with van der Waals surface area (Å²) in [5, 5.41) is 7.34. The Hall–Kier alpha value is -1.12. The van der Waals surface area contributed by atoms with Gasteiger partial charge in [0.25, 0.3) is 0 Å². The molecule has 0 N–H and O–H groups in total. The molecular formula is C8H12N2O. The lowest BCUT2D eigenvalue weighted by Crippen LogP contribution is -2.22. The van der Waals surface area contributed by atoms with E-state index in [1.165, 1.54) is 0 Å². The molecule has 0 amide bonds. The molecule has 0 aliphatic carbocycles. The van der Waals surface area contributed by atoms with E-state index in [2.05, 4.69) is 10.2 Å². The van der Waals surface area contributed by atoms with Crippen LogP contribution in [0.25, 0.3) is 0 Å².